The Morgan fingerprint density at radius 2 is 1.66 bits per heavy atom. The zero-order valence-corrected chi connectivity index (χ0v) is 26.8. The Hall–Kier alpha value is -5.61. The highest BCUT2D eigenvalue weighted by Crippen LogP contribution is 2.40. The number of ether oxygens (including phenoxy) is 3. The fourth-order valence-electron chi connectivity index (χ4n) is 5.44. The molecule has 4 aromatic rings. The lowest BCUT2D eigenvalue weighted by Gasteiger charge is -2.34. The third-order valence-corrected chi connectivity index (χ3v) is 7.72. The predicted molar refractivity (Wildman–Crippen MR) is 176 cm³/mol. The van der Waals surface area contributed by atoms with Gasteiger partial charge < -0.3 is 24.4 Å². The summed E-state index contributed by atoms with van der Waals surface area (Å²) in [6.07, 6.45) is 0.855. The lowest BCUT2D eigenvalue weighted by Crippen LogP contribution is -2.46. The first kappa shape index (κ1) is 32.8. The van der Waals surface area contributed by atoms with Crippen LogP contribution < -0.4 is 19.7 Å². The van der Waals surface area contributed by atoms with Gasteiger partial charge in [-0.25, -0.2) is 14.2 Å². The Morgan fingerprint density at radius 1 is 0.957 bits per heavy atom. The smallest absolute Gasteiger partial charge is 0.407 e. The van der Waals surface area contributed by atoms with Gasteiger partial charge in [-0.1, -0.05) is 36.4 Å². The van der Waals surface area contributed by atoms with E-state index < -0.39 is 17.5 Å². The Bertz CT molecular complexity index is 1830. The number of nitriles is 2. The van der Waals surface area contributed by atoms with Crippen LogP contribution in [-0.2, 0) is 11.3 Å². The van der Waals surface area contributed by atoms with Crippen molar-refractivity contribution in [1.29, 1.82) is 10.5 Å². The van der Waals surface area contributed by atoms with Gasteiger partial charge in [-0.15, -0.1) is 0 Å². The number of alkyl carbamates (subject to hydrolysis) is 1. The van der Waals surface area contributed by atoms with Crippen LogP contribution in [0.3, 0.4) is 0 Å². The number of anilines is 1. The highest BCUT2D eigenvalue weighted by molar-refractivity contribution is 5.87. The largest absolute Gasteiger partial charge is 0.493 e. The van der Waals surface area contributed by atoms with Gasteiger partial charge in [0.05, 0.1) is 30.0 Å². The molecule has 240 valence electrons. The zero-order chi connectivity index (χ0) is 33.6. The van der Waals surface area contributed by atoms with Crippen LogP contribution in [0.25, 0.3) is 22.4 Å². The number of nitrogens with one attached hydrogen (secondary N) is 1. The average molecular weight is 634 g/mol. The van der Waals surface area contributed by atoms with E-state index in [4.69, 9.17) is 19.2 Å². The highest BCUT2D eigenvalue weighted by atomic mass is 19.1. The summed E-state index contributed by atoms with van der Waals surface area (Å²) < 4.78 is 32.1. The van der Waals surface area contributed by atoms with Crippen LogP contribution in [-0.4, -0.2) is 42.9 Å². The fraction of sp³-hybridized carbons (Fsp3) is 0.297. The van der Waals surface area contributed by atoms with E-state index in [1.54, 1.807) is 31.4 Å². The number of carbonyl (C=O) groups is 1. The molecular weight excluding hydrogens is 597 g/mol. The van der Waals surface area contributed by atoms with Crippen molar-refractivity contribution in [3.05, 3.63) is 95.3 Å². The van der Waals surface area contributed by atoms with E-state index in [2.05, 4.69) is 16.3 Å². The number of aromatic nitrogens is 1. The number of methoxy groups -OCH3 is 1. The predicted octanol–water partition coefficient (Wildman–Crippen LogP) is 7.38. The molecule has 1 amide bonds. The van der Waals surface area contributed by atoms with Crippen molar-refractivity contribution in [2.75, 3.05) is 25.1 Å². The number of amides is 1. The van der Waals surface area contributed by atoms with Crippen molar-refractivity contribution >= 4 is 11.9 Å². The van der Waals surface area contributed by atoms with Gasteiger partial charge in [-0.2, -0.15) is 10.5 Å². The van der Waals surface area contributed by atoms with Crippen LogP contribution in [0.1, 0.15) is 50.3 Å². The standard InChI is InChI=1S/C37H36FN5O4/c1-37(2,3)47-36(44)41-29-14-16-43(17-15-29)33-20-28(22-40)34(25-10-11-27(21-39)30(38)18-25)35(42-33)26-12-13-31(45-4)32(19-26)46-23-24-8-6-5-7-9-24/h5-13,18-20,29H,14-17,23H2,1-4H3,(H,41,44). The number of hydrogen-bond acceptors (Lipinski definition) is 8. The van der Waals surface area contributed by atoms with Crippen molar-refractivity contribution < 1.29 is 23.4 Å². The number of rotatable bonds is 8. The van der Waals surface area contributed by atoms with Crippen LogP contribution in [0.2, 0.25) is 0 Å². The number of piperidine rings is 1. The molecule has 1 saturated heterocycles. The fourth-order valence-corrected chi connectivity index (χ4v) is 5.44. The Balaban J connectivity index is 1.53. The summed E-state index contributed by atoms with van der Waals surface area (Å²) >= 11 is 0. The van der Waals surface area contributed by atoms with E-state index in [1.165, 1.54) is 12.1 Å². The molecule has 3 aromatic carbocycles. The van der Waals surface area contributed by atoms with Crippen LogP contribution >= 0.6 is 0 Å². The van der Waals surface area contributed by atoms with Gasteiger partial charge >= 0.3 is 6.09 Å². The lowest BCUT2D eigenvalue weighted by molar-refractivity contribution is 0.0497. The second kappa shape index (κ2) is 14.2. The molecule has 5 rings (SSSR count). The zero-order valence-electron chi connectivity index (χ0n) is 26.8. The Kier molecular flexibility index (Phi) is 9.91. The van der Waals surface area contributed by atoms with Gasteiger partial charge in [0.2, 0.25) is 0 Å². The van der Waals surface area contributed by atoms with Crippen molar-refractivity contribution in [3.63, 3.8) is 0 Å². The van der Waals surface area contributed by atoms with E-state index in [1.807, 2.05) is 63.2 Å². The molecular formula is C37H36FN5O4. The number of nitrogens with zero attached hydrogens (tertiary/aromatic N) is 4. The topological polar surface area (TPSA) is 120 Å². The third-order valence-electron chi connectivity index (χ3n) is 7.72. The molecule has 0 atom stereocenters. The van der Waals surface area contributed by atoms with Gasteiger partial charge in [0.25, 0.3) is 0 Å². The first-order valence-electron chi connectivity index (χ1n) is 15.3. The van der Waals surface area contributed by atoms with Crippen molar-refractivity contribution in [2.24, 2.45) is 0 Å². The molecule has 0 bridgehead atoms. The minimum atomic E-state index is -0.690. The normalized spacial score (nSPS) is 13.3. The van der Waals surface area contributed by atoms with Gasteiger partial charge in [-0.3, -0.25) is 0 Å². The summed E-state index contributed by atoms with van der Waals surface area (Å²) in [4.78, 5) is 19.5. The Morgan fingerprint density at radius 3 is 2.30 bits per heavy atom. The van der Waals surface area contributed by atoms with Gasteiger partial charge in [0, 0.05) is 30.3 Å². The molecule has 47 heavy (non-hydrogen) atoms. The van der Waals surface area contributed by atoms with E-state index in [-0.39, 0.29) is 11.6 Å². The van der Waals surface area contributed by atoms with Gasteiger partial charge in [0.15, 0.2) is 11.5 Å². The minimum Gasteiger partial charge on any atom is -0.493 e. The van der Waals surface area contributed by atoms with E-state index in [0.29, 0.717) is 77.8 Å². The maximum Gasteiger partial charge on any atom is 0.407 e. The van der Waals surface area contributed by atoms with Gasteiger partial charge in [-0.05, 0) is 81.1 Å². The minimum absolute atomic E-state index is 0.0668. The molecule has 0 radical (unpaired) electrons. The quantitative estimate of drug-likeness (QED) is 0.213. The maximum absolute atomic E-state index is 14.9. The molecule has 2 heterocycles. The molecule has 0 saturated carbocycles. The van der Waals surface area contributed by atoms with Crippen LogP contribution in [0, 0.1) is 28.5 Å². The highest BCUT2D eigenvalue weighted by Gasteiger charge is 2.26. The molecule has 0 aliphatic carbocycles. The number of benzene rings is 3. The Labute approximate surface area is 274 Å². The lowest BCUT2D eigenvalue weighted by atomic mass is 9.93. The van der Waals surface area contributed by atoms with Gasteiger partial charge in [0.1, 0.15) is 29.9 Å². The monoisotopic (exact) mass is 633 g/mol. The van der Waals surface area contributed by atoms with E-state index >= 15 is 0 Å². The summed E-state index contributed by atoms with van der Waals surface area (Å²) in [5, 5.41) is 22.6. The molecule has 1 aromatic heterocycles. The summed E-state index contributed by atoms with van der Waals surface area (Å²) in [5.74, 6) is 0.884. The summed E-state index contributed by atoms with van der Waals surface area (Å²) in [7, 11) is 1.56. The molecule has 9 nitrogen and oxygen atoms in total. The van der Waals surface area contributed by atoms with E-state index in [9.17, 15) is 19.7 Å². The molecule has 10 heteroatoms. The number of hydrogen-bond donors (Lipinski definition) is 1. The van der Waals surface area contributed by atoms with Crippen LogP contribution in [0.4, 0.5) is 15.0 Å². The summed E-state index contributed by atoms with van der Waals surface area (Å²) in [6, 6.07) is 25.2. The molecule has 1 aliphatic heterocycles. The molecule has 1 fully saturated rings. The first-order valence-corrected chi connectivity index (χ1v) is 15.3. The second-order valence-corrected chi connectivity index (χ2v) is 12.2. The molecule has 0 unspecified atom stereocenters. The van der Waals surface area contributed by atoms with Crippen LogP contribution in [0.15, 0.2) is 72.8 Å². The number of halogens is 1. The second-order valence-electron chi connectivity index (χ2n) is 12.2. The summed E-state index contributed by atoms with van der Waals surface area (Å²) in [5.41, 5.74) is 2.51. The SMILES string of the molecule is COc1ccc(-c2nc(N3CCC(NC(=O)OC(C)(C)C)CC3)cc(C#N)c2-c2ccc(C#N)c(F)c2)cc1OCc1ccccc1. The number of pyridine rings is 1. The van der Waals surface area contributed by atoms with Crippen molar-refractivity contribution in [2.45, 2.75) is 51.9 Å². The number of carbonyl (C=O) groups excluding carboxylic acids is 1. The first-order chi connectivity index (χ1) is 22.6. The molecule has 1 aliphatic rings. The molecule has 1 N–H and O–H groups in total. The maximum atomic E-state index is 14.9. The van der Waals surface area contributed by atoms with E-state index in [0.717, 1.165) is 5.56 Å². The molecule has 0 spiro atoms. The van der Waals surface area contributed by atoms with Crippen molar-refractivity contribution in [1.82, 2.24) is 10.3 Å². The average Bonchev–Trinajstić information content (AvgIpc) is 3.06. The summed E-state index contributed by atoms with van der Waals surface area (Å²) in [6.45, 7) is 6.93. The van der Waals surface area contributed by atoms with Crippen molar-refractivity contribution in [3.8, 4) is 46.0 Å². The van der Waals surface area contributed by atoms with Crippen LogP contribution in [0.5, 0.6) is 11.5 Å². The third kappa shape index (κ3) is 7.98.